The van der Waals surface area contributed by atoms with E-state index in [9.17, 15) is 9.59 Å². The zero-order valence-electron chi connectivity index (χ0n) is 15.7. The van der Waals surface area contributed by atoms with Gasteiger partial charge in [0.1, 0.15) is 11.9 Å². The number of aromatic nitrogens is 2. The zero-order valence-corrected chi connectivity index (χ0v) is 15.7. The molecule has 3 rings (SSSR count). The second kappa shape index (κ2) is 8.07. The van der Waals surface area contributed by atoms with E-state index < -0.39 is 11.9 Å². The molecule has 0 aliphatic carbocycles. The third-order valence-corrected chi connectivity index (χ3v) is 4.70. The molecule has 2 heterocycles. The first-order chi connectivity index (χ1) is 13.0. The SMILES string of the molecule is CC[C@H](C)[C@H](NC(=O)[C@H](C)NC(=O)c1ccco1)c1nc2ccccc2[nH]1. The average molecular weight is 368 g/mol. The molecule has 0 bridgehead atoms. The van der Waals surface area contributed by atoms with Gasteiger partial charge < -0.3 is 20.0 Å². The molecule has 27 heavy (non-hydrogen) atoms. The summed E-state index contributed by atoms with van der Waals surface area (Å²) in [4.78, 5) is 32.7. The first-order valence-electron chi connectivity index (χ1n) is 9.09. The molecule has 0 saturated carbocycles. The van der Waals surface area contributed by atoms with Gasteiger partial charge in [0.2, 0.25) is 5.91 Å². The van der Waals surface area contributed by atoms with E-state index >= 15 is 0 Å². The average Bonchev–Trinajstić information content (AvgIpc) is 3.34. The summed E-state index contributed by atoms with van der Waals surface area (Å²) in [6, 6.07) is 9.93. The third-order valence-electron chi connectivity index (χ3n) is 4.70. The van der Waals surface area contributed by atoms with E-state index in [1.54, 1.807) is 19.1 Å². The van der Waals surface area contributed by atoms with Crippen LogP contribution < -0.4 is 10.6 Å². The van der Waals surface area contributed by atoms with Crippen molar-refractivity contribution in [3.05, 3.63) is 54.2 Å². The quantitative estimate of drug-likeness (QED) is 0.596. The monoisotopic (exact) mass is 368 g/mol. The van der Waals surface area contributed by atoms with Crippen molar-refractivity contribution >= 4 is 22.8 Å². The van der Waals surface area contributed by atoms with Gasteiger partial charge in [-0.3, -0.25) is 9.59 Å². The minimum Gasteiger partial charge on any atom is -0.459 e. The van der Waals surface area contributed by atoms with Crippen molar-refractivity contribution in [2.45, 2.75) is 39.3 Å². The molecule has 0 fully saturated rings. The smallest absolute Gasteiger partial charge is 0.287 e. The summed E-state index contributed by atoms with van der Waals surface area (Å²) in [5, 5.41) is 5.66. The number of hydrogen-bond acceptors (Lipinski definition) is 4. The van der Waals surface area contributed by atoms with Crippen LogP contribution in [0.15, 0.2) is 47.1 Å². The molecule has 0 spiro atoms. The third kappa shape index (κ3) is 4.19. The predicted molar refractivity (Wildman–Crippen MR) is 102 cm³/mol. The molecule has 7 nitrogen and oxygen atoms in total. The van der Waals surface area contributed by atoms with Crippen molar-refractivity contribution in [1.29, 1.82) is 0 Å². The van der Waals surface area contributed by atoms with Crippen LogP contribution in [0, 0.1) is 5.92 Å². The maximum Gasteiger partial charge on any atom is 0.287 e. The van der Waals surface area contributed by atoms with Gasteiger partial charge in [0.15, 0.2) is 5.76 Å². The Kier molecular flexibility index (Phi) is 5.59. The molecule has 2 aromatic heterocycles. The number of aromatic amines is 1. The second-order valence-corrected chi connectivity index (χ2v) is 6.68. The molecule has 0 radical (unpaired) electrons. The topological polar surface area (TPSA) is 100 Å². The highest BCUT2D eigenvalue weighted by atomic mass is 16.3. The molecule has 0 saturated heterocycles. The normalized spacial score (nSPS) is 14.5. The Hall–Kier alpha value is -3.09. The molecule has 2 amide bonds. The van der Waals surface area contributed by atoms with Gasteiger partial charge in [-0.2, -0.15) is 0 Å². The Morgan fingerprint density at radius 3 is 2.59 bits per heavy atom. The highest BCUT2D eigenvalue weighted by molar-refractivity contribution is 5.95. The number of rotatable bonds is 7. The van der Waals surface area contributed by atoms with E-state index in [0.717, 1.165) is 17.5 Å². The largest absolute Gasteiger partial charge is 0.459 e. The maximum absolute atomic E-state index is 12.7. The van der Waals surface area contributed by atoms with Gasteiger partial charge in [0, 0.05) is 0 Å². The van der Waals surface area contributed by atoms with Crippen LogP contribution in [0.3, 0.4) is 0 Å². The summed E-state index contributed by atoms with van der Waals surface area (Å²) >= 11 is 0. The maximum atomic E-state index is 12.7. The van der Waals surface area contributed by atoms with Crippen molar-refractivity contribution in [3.8, 4) is 0 Å². The summed E-state index contributed by atoms with van der Waals surface area (Å²) in [7, 11) is 0. The standard InChI is InChI=1S/C20H24N4O3/c1-4-12(2)17(18-22-14-8-5-6-9-15(14)23-18)24-19(25)13(3)21-20(26)16-10-7-11-27-16/h5-13,17H,4H2,1-3H3,(H,21,26)(H,22,23)(H,24,25)/t12-,13-,17-/m0/s1. The molecule has 0 aliphatic rings. The Labute approximate surface area is 157 Å². The Morgan fingerprint density at radius 2 is 1.93 bits per heavy atom. The summed E-state index contributed by atoms with van der Waals surface area (Å²) in [5.41, 5.74) is 1.78. The van der Waals surface area contributed by atoms with Gasteiger partial charge in [0.25, 0.3) is 5.91 Å². The van der Waals surface area contributed by atoms with Crippen molar-refractivity contribution in [3.63, 3.8) is 0 Å². The molecule has 1 aromatic carbocycles. The molecular weight excluding hydrogens is 344 g/mol. The number of hydrogen-bond donors (Lipinski definition) is 3. The number of nitrogens with zero attached hydrogens (tertiary/aromatic N) is 1. The minimum atomic E-state index is -0.710. The number of carbonyl (C=O) groups is 2. The van der Waals surface area contributed by atoms with Crippen LogP contribution in [0.5, 0.6) is 0 Å². The summed E-state index contributed by atoms with van der Waals surface area (Å²) in [5.74, 6) is 0.350. The van der Waals surface area contributed by atoms with Crippen LogP contribution in [0.2, 0.25) is 0 Å². The van der Waals surface area contributed by atoms with E-state index in [4.69, 9.17) is 4.42 Å². The van der Waals surface area contributed by atoms with Crippen molar-refractivity contribution in [2.24, 2.45) is 5.92 Å². The molecule has 0 aliphatic heterocycles. The zero-order chi connectivity index (χ0) is 19.4. The van der Waals surface area contributed by atoms with Crippen molar-refractivity contribution < 1.29 is 14.0 Å². The van der Waals surface area contributed by atoms with E-state index in [-0.39, 0.29) is 23.6 Å². The van der Waals surface area contributed by atoms with Crippen molar-refractivity contribution in [2.75, 3.05) is 0 Å². The van der Waals surface area contributed by atoms with E-state index in [0.29, 0.717) is 5.82 Å². The van der Waals surface area contributed by atoms with Crippen LogP contribution in [0.1, 0.15) is 49.6 Å². The van der Waals surface area contributed by atoms with Gasteiger partial charge in [0.05, 0.1) is 23.3 Å². The number of carbonyl (C=O) groups excluding carboxylic acids is 2. The van der Waals surface area contributed by atoms with Crippen LogP contribution in [0.25, 0.3) is 11.0 Å². The second-order valence-electron chi connectivity index (χ2n) is 6.68. The van der Waals surface area contributed by atoms with Gasteiger partial charge in [-0.25, -0.2) is 4.98 Å². The predicted octanol–water partition coefficient (Wildman–Crippen LogP) is 3.18. The number of imidazole rings is 1. The fourth-order valence-electron chi connectivity index (χ4n) is 2.85. The molecule has 0 unspecified atom stereocenters. The molecule has 7 heteroatoms. The van der Waals surface area contributed by atoms with Gasteiger partial charge >= 0.3 is 0 Å². The number of para-hydroxylation sites is 2. The first-order valence-corrected chi connectivity index (χ1v) is 9.09. The summed E-state index contributed by atoms with van der Waals surface area (Å²) in [6.45, 7) is 5.77. The Balaban J connectivity index is 1.73. The molecule has 3 aromatic rings. The molecule has 142 valence electrons. The Morgan fingerprint density at radius 1 is 1.15 bits per heavy atom. The first kappa shape index (κ1) is 18.7. The van der Waals surface area contributed by atoms with E-state index in [1.807, 2.05) is 24.3 Å². The van der Waals surface area contributed by atoms with Crippen LogP contribution in [-0.2, 0) is 4.79 Å². The minimum absolute atomic E-state index is 0.169. The van der Waals surface area contributed by atoms with Crippen LogP contribution in [0.4, 0.5) is 0 Å². The lowest BCUT2D eigenvalue weighted by Gasteiger charge is -2.24. The summed E-state index contributed by atoms with van der Waals surface area (Å²) < 4.78 is 5.06. The van der Waals surface area contributed by atoms with Crippen LogP contribution in [-0.4, -0.2) is 27.8 Å². The fourth-order valence-corrected chi connectivity index (χ4v) is 2.85. The Bertz CT molecular complexity index is 883. The number of furan rings is 1. The van der Waals surface area contributed by atoms with Crippen LogP contribution >= 0.6 is 0 Å². The fraction of sp³-hybridized carbons (Fsp3) is 0.350. The number of fused-ring (bicyclic) bond motifs is 1. The number of benzene rings is 1. The highest BCUT2D eigenvalue weighted by Gasteiger charge is 2.26. The van der Waals surface area contributed by atoms with Gasteiger partial charge in [-0.1, -0.05) is 32.4 Å². The number of H-pyrrole nitrogens is 1. The van der Waals surface area contributed by atoms with E-state index in [1.165, 1.54) is 6.26 Å². The molecular formula is C20H24N4O3. The van der Waals surface area contributed by atoms with Gasteiger partial charge in [-0.05, 0) is 37.1 Å². The van der Waals surface area contributed by atoms with E-state index in [2.05, 4.69) is 34.4 Å². The van der Waals surface area contributed by atoms with Crippen molar-refractivity contribution in [1.82, 2.24) is 20.6 Å². The highest BCUT2D eigenvalue weighted by Crippen LogP contribution is 2.24. The lowest BCUT2D eigenvalue weighted by Crippen LogP contribution is -2.47. The molecule has 3 atom stereocenters. The molecule has 3 N–H and O–H groups in total. The lowest BCUT2D eigenvalue weighted by atomic mass is 9.98. The number of nitrogens with one attached hydrogen (secondary N) is 3. The van der Waals surface area contributed by atoms with Gasteiger partial charge in [-0.15, -0.1) is 0 Å². The summed E-state index contributed by atoms with van der Waals surface area (Å²) in [6.07, 6.45) is 2.29. The number of amides is 2. The lowest BCUT2D eigenvalue weighted by molar-refractivity contribution is -0.123.